The van der Waals surface area contributed by atoms with Gasteiger partial charge in [-0.3, -0.25) is 9.69 Å². The summed E-state index contributed by atoms with van der Waals surface area (Å²) < 4.78 is 2.14. The highest BCUT2D eigenvalue weighted by Crippen LogP contribution is 2.50. The number of likely N-dealkylation sites (tertiary alicyclic amines) is 1. The van der Waals surface area contributed by atoms with Crippen molar-refractivity contribution < 1.29 is 9.90 Å². The largest absolute Gasteiger partial charge is 0.392 e. The van der Waals surface area contributed by atoms with E-state index in [1.807, 2.05) is 30.1 Å². The zero-order valence-corrected chi connectivity index (χ0v) is 15.6. The van der Waals surface area contributed by atoms with Crippen molar-refractivity contribution in [2.45, 2.75) is 49.9 Å². The van der Waals surface area contributed by atoms with Crippen molar-refractivity contribution in [2.24, 2.45) is 0 Å². The molecule has 0 spiro atoms. The number of amides is 1. The van der Waals surface area contributed by atoms with Gasteiger partial charge in [-0.15, -0.1) is 10.2 Å². The van der Waals surface area contributed by atoms with Crippen LogP contribution in [0.25, 0.3) is 0 Å². The van der Waals surface area contributed by atoms with Gasteiger partial charge in [-0.25, -0.2) is 0 Å². The van der Waals surface area contributed by atoms with Crippen molar-refractivity contribution in [1.82, 2.24) is 24.6 Å². The van der Waals surface area contributed by atoms with E-state index in [1.54, 1.807) is 0 Å². The normalized spacial score (nSPS) is 26.8. The zero-order valence-electron chi connectivity index (χ0n) is 15.6. The predicted octanol–water partition coefficient (Wildman–Crippen LogP) is 1.09. The van der Waals surface area contributed by atoms with E-state index in [0.29, 0.717) is 32.6 Å². The summed E-state index contributed by atoms with van der Waals surface area (Å²) in [6, 6.07) is 10.2. The van der Waals surface area contributed by atoms with E-state index in [0.717, 1.165) is 30.1 Å². The molecule has 1 aromatic heterocycles. The molecule has 7 heteroatoms. The number of nitrogens with zero attached hydrogens (tertiary/aromatic N) is 5. The molecule has 1 aliphatic carbocycles. The van der Waals surface area contributed by atoms with Gasteiger partial charge in [0.25, 0.3) is 0 Å². The van der Waals surface area contributed by atoms with E-state index in [1.165, 1.54) is 0 Å². The third kappa shape index (κ3) is 2.68. The summed E-state index contributed by atoms with van der Waals surface area (Å²) in [4.78, 5) is 17.4. The lowest BCUT2D eigenvalue weighted by atomic mass is 9.94. The molecule has 5 rings (SSSR count). The molecule has 2 aromatic rings. The van der Waals surface area contributed by atoms with Crippen molar-refractivity contribution in [1.29, 1.82) is 0 Å². The Hall–Kier alpha value is -2.25. The first kappa shape index (κ1) is 16.9. The molecule has 1 N–H and O–H groups in total. The molecular weight excluding hydrogens is 342 g/mol. The number of aliphatic hydroxyl groups excluding tert-OH is 1. The minimum Gasteiger partial charge on any atom is -0.392 e. The molecule has 1 aromatic carbocycles. The fourth-order valence-corrected chi connectivity index (χ4v) is 4.69. The second-order valence-corrected chi connectivity index (χ2v) is 8.15. The smallest absolute Gasteiger partial charge is 0.233 e. The molecule has 142 valence electrons. The molecule has 2 atom stereocenters. The molecule has 2 fully saturated rings. The van der Waals surface area contributed by atoms with E-state index in [4.69, 9.17) is 0 Å². The summed E-state index contributed by atoms with van der Waals surface area (Å²) in [7, 11) is 2.01. The van der Waals surface area contributed by atoms with Gasteiger partial charge in [0.15, 0.2) is 11.6 Å². The van der Waals surface area contributed by atoms with Crippen molar-refractivity contribution >= 4 is 5.91 Å². The summed E-state index contributed by atoms with van der Waals surface area (Å²) in [6.07, 6.45) is 2.23. The third-order valence-corrected chi connectivity index (χ3v) is 6.38. The van der Waals surface area contributed by atoms with Gasteiger partial charge in [-0.05, 0) is 31.9 Å². The highest BCUT2D eigenvalue weighted by Gasteiger charge is 2.53. The summed E-state index contributed by atoms with van der Waals surface area (Å²) in [5.74, 6) is 1.99. The van der Waals surface area contributed by atoms with Gasteiger partial charge in [0, 0.05) is 19.6 Å². The Morgan fingerprint density at radius 2 is 1.96 bits per heavy atom. The maximum absolute atomic E-state index is 13.3. The number of benzene rings is 1. The van der Waals surface area contributed by atoms with Gasteiger partial charge in [-0.2, -0.15) is 0 Å². The van der Waals surface area contributed by atoms with Crippen LogP contribution in [0, 0.1) is 0 Å². The number of β-amino-alcohol motifs (C(OH)–C–C–N with tert-alkyl or cyclic N) is 1. The van der Waals surface area contributed by atoms with E-state index in [2.05, 4.69) is 31.8 Å². The van der Waals surface area contributed by atoms with Crippen molar-refractivity contribution in [3.63, 3.8) is 0 Å². The maximum atomic E-state index is 13.3. The molecule has 0 radical (unpaired) electrons. The summed E-state index contributed by atoms with van der Waals surface area (Å²) in [5.41, 5.74) is 0.798. The lowest BCUT2D eigenvalue weighted by Gasteiger charge is -2.32. The highest BCUT2D eigenvalue weighted by molar-refractivity contribution is 5.91. The van der Waals surface area contributed by atoms with Crippen LogP contribution in [0.2, 0.25) is 0 Å². The summed E-state index contributed by atoms with van der Waals surface area (Å²) >= 11 is 0. The molecule has 1 amide bonds. The molecule has 0 bridgehead atoms. The number of likely N-dealkylation sites (N-methyl/N-ethyl adjacent to an activating group) is 1. The second kappa shape index (κ2) is 6.14. The molecule has 2 aliphatic heterocycles. The quantitative estimate of drug-likeness (QED) is 0.879. The first-order chi connectivity index (χ1) is 13.1. The van der Waals surface area contributed by atoms with Gasteiger partial charge in [0.05, 0.1) is 24.1 Å². The van der Waals surface area contributed by atoms with Crippen molar-refractivity contribution in [3.05, 3.63) is 47.5 Å². The van der Waals surface area contributed by atoms with Gasteiger partial charge in [0.2, 0.25) is 5.91 Å². The van der Waals surface area contributed by atoms with Gasteiger partial charge in [0.1, 0.15) is 0 Å². The lowest BCUT2D eigenvalue weighted by molar-refractivity contribution is -0.135. The number of aliphatic hydroxyl groups is 1. The van der Waals surface area contributed by atoms with E-state index in [-0.39, 0.29) is 23.5 Å². The van der Waals surface area contributed by atoms with Gasteiger partial charge >= 0.3 is 0 Å². The van der Waals surface area contributed by atoms with E-state index in [9.17, 15) is 9.90 Å². The van der Waals surface area contributed by atoms with Crippen LogP contribution in [0.4, 0.5) is 0 Å². The SMILES string of the molecule is CN1C[C@H](O)C[C@H]1c1nnc2n1CCN(C(=O)C1(c3ccccc3)CC1)C2. The lowest BCUT2D eigenvalue weighted by Crippen LogP contribution is -2.44. The van der Waals surface area contributed by atoms with Crippen molar-refractivity contribution in [2.75, 3.05) is 20.1 Å². The minimum absolute atomic E-state index is 0.0996. The van der Waals surface area contributed by atoms with Crippen LogP contribution in [0.3, 0.4) is 0 Å². The van der Waals surface area contributed by atoms with E-state index < -0.39 is 0 Å². The average Bonchev–Trinajstić information content (AvgIpc) is 3.29. The molecule has 7 nitrogen and oxygen atoms in total. The number of aromatic nitrogens is 3. The average molecular weight is 367 g/mol. The molecule has 27 heavy (non-hydrogen) atoms. The fourth-order valence-electron chi connectivity index (χ4n) is 4.69. The number of rotatable bonds is 3. The Morgan fingerprint density at radius 3 is 2.63 bits per heavy atom. The van der Waals surface area contributed by atoms with Crippen molar-refractivity contribution in [3.8, 4) is 0 Å². The summed E-state index contributed by atoms with van der Waals surface area (Å²) in [5, 5.41) is 18.7. The number of carbonyl (C=O) groups excluding carboxylic acids is 1. The Morgan fingerprint density at radius 1 is 1.19 bits per heavy atom. The fraction of sp³-hybridized carbons (Fsp3) is 0.550. The Bertz CT molecular complexity index is 861. The standard InChI is InChI=1S/C20H25N5O2/c1-23-12-15(26)11-16(23)18-22-21-17-13-24(9-10-25(17)18)19(27)20(7-8-20)14-5-3-2-4-6-14/h2-6,15-16,26H,7-13H2,1H3/t15-,16+/m1/s1. The van der Waals surface area contributed by atoms with Crippen LogP contribution >= 0.6 is 0 Å². The van der Waals surface area contributed by atoms with Crippen LogP contribution in [0.1, 0.15) is 42.5 Å². The van der Waals surface area contributed by atoms with Gasteiger partial charge < -0.3 is 14.6 Å². The number of hydrogen-bond acceptors (Lipinski definition) is 5. The topological polar surface area (TPSA) is 74.5 Å². The molecule has 0 unspecified atom stereocenters. The van der Waals surface area contributed by atoms with Crippen LogP contribution in [-0.2, 0) is 23.3 Å². The zero-order chi connectivity index (χ0) is 18.6. The molecular formula is C20H25N5O2. The van der Waals surface area contributed by atoms with Crippen LogP contribution in [0.5, 0.6) is 0 Å². The first-order valence-corrected chi connectivity index (χ1v) is 9.74. The Balaban J connectivity index is 1.36. The number of fused-ring (bicyclic) bond motifs is 1. The Kier molecular flexibility index (Phi) is 3.84. The second-order valence-electron chi connectivity index (χ2n) is 8.15. The minimum atomic E-state index is -0.331. The maximum Gasteiger partial charge on any atom is 0.233 e. The monoisotopic (exact) mass is 367 g/mol. The van der Waals surface area contributed by atoms with E-state index >= 15 is 0 Å². The number of carbonyl (C=O) groups is 1. The number of hydrogen-bond donors (Lipinski definition) is 1. The van der Waals surface area contributed by atoms with Crippen LogP contribution < -0.4 is 0 Å². The molecule has 1 saturated heterocycles. The predicted molar refractivity (Wildman–Crippen MR) is 98.8 cm³/mol. The highest BCUT2D eigenvalue weighted by atomic mass is 16.3. The molecule has 3 heterocycles. The Labute approximate surface area is 158 Å². The molecule has 3 aliphatic rings. The summed E-state index contributed by atoms with van der Waals surface area (Å²) in [6.45, 7) is 2.58. The van der Waals surface area contributed by atoms with Gasteiger partial charge in [-0.1, -0.05) is 30.3 Å². The first-order valence-electron chi connectivity index (χ1n) is 9.74. The van der Waals surface area contributed by atoms with Crippen LogP contribution in [0.15, 0.2) is 30.3 Å². The third-order valence-electron chi connectivity index (χ3n) is 6.38. The molecule has 1 saturated carbocycles. The van der Waals surface area contributed by atoms with Crippen LogP contribution in [-0.4, -0.2) is 61.8 Å².